The monoisotopic (exact) mass is 367 g/mol. The highest BCUT2D eigenvalue weighted by molar-refractivity contribution is 6.42. The normalized spacial score (nSPS) is 17.3. The van der Waals surface area contributed by atoms with Gasteiger partial charge in [0.1, 0.15) is 6.04 Å². The lowest BCUT2D eigenvalue weighted by molar-refractivity contribution is -0.141. The van der Waals surface area contributed by atoms with Crippen molar-refractivity contribution in [2.45, 2.75) is 25.8 Å². The second-order valence-electron chi connectivity index (χ2n) is 5.68. The summed E-state index contributed by atoms with van der Waals surface area (Å²) in [5.74, 6) is -1.36. The minimum atomic E-state index is -0.985. The quantitative estimate of drug-likeness (QED) is 0.903. The minimum Gasteiger partial charge on any atom is -0.480 e. The molecule has 24 heavy (non-hydrogen) atoms. The van der Waals surface area contributed by atoms with Gasteiger partial charge in [-0.1, -0.05) is 23.2 Å². The molecule has 1 fully saturated rings. The van der Waals surface area contributed by atoms with E-state index in [1.165, 1.54) is 4.90 Å². The number of benzene rings is 1. The fraction of sp³-hybridized carbons (Fsp3) is 0.312. The van der Waals surface area contributed by atoms with Crippen molar-refractivity contribution in [2.24, 2.45) is 0 Å². The Morgan fingerprint density at radius 3 is 2.67 bits per heavy atom. The smallest absolute Gasteiger partial charge is 0.326 e. The molecule has 1 atom stereocenters. The maximum absolute atomic E-state index is 12.6. The van der Waals surface area contributed by atoms with Gasteiger partial charge in [-0.15, -0.1) is 0 Å². The van der Waals surface area contributed by atoms with Crippen molar-refractivity contribution in [3.05, 3.63) is 45.7 Å². The van der Waals surface area contributed by atoms with Crippen LogP contribution in [0, 0.1) is 6.92 Å². The summed E-state index contributed by atoms with van der Waals surface area (Å²) in [6, 6.07) is 5.92. The van der Waals surface area contributed by atoms with Gasteiger partial charge in [0, 0.05) is 12.2 Å². The summed E-state index contributed by atoms with van der Waals surface area (Å²) in [6.07, 6.45) is 1.14. The molecular formula is C16H15Cl2N3O3. The second kappa shape index (κ2) is 6.45. The van der Waals surface area contributed by atoms with Crippen molar-refractivity contribution in [3.8, 4) is 5.69 Å². The van der Waals surface area contributed by atoms with E-state index in [1.54, 1.807) is 28.9 Å². The lowest BCUT2D eigenvalue weighted by Gasteiger charge is -2.20. The van der Waals surface area contributed by atoms with Crippen molar-refractivity contribution in [2.75, 3.05) is 6.54 Å². The lowest BCUT2D eigenvalue weighted by atomic mass is 10.2. The van der Waals surface area contributed by atoms with Gasteiger partial charge in [0.25, 0.3) is 5.91 Å². The summed E-state index contributed by atoms with van der Waals surface area (Å²) in [5.41, 5.74) is 1.63. The molecule has 1 aromatic carbocycles. The molecule has 6 nitrogen and oxygen atoms in total. The number of hydrogen-bond acceptors (Lipinski definition) is 3. The van der Waals surface area contributed by atoms with E-state index in [4.69, 9.17) is 23.2 Å². The zero-order valence-electron chi connectivity index (χ0n) is 12.9. The first-order valence-corrected chi connectivity index (χ1v) is 8.20. The highest BCUT2D eigenvalue weighted by Crippen LogP contribution is 2.26. The SMILES string of the molecule is Cc1cc(C(=O)N2CCC[C@H]2C(=O)O)nn1-c1ccc(Cl)c(Cl)c1. The van der Waals surface area contributed by atoms with Crippen LogP contribution in [0.25, 0.3) is 5.69 Å². The number of nitrogens with zero attached hydrogens (tertiary/aromatic N) is 3. The van der Waals surface area contributed by atoms with Crippen molar-refractivity contribution < 1.29 is 14.7 Å². The Balaban J connectivity index is 1.92. The molecule has 0 aliphatic carbocycles. The molecule has 1 aliphatic rings. The number of aromatic nitrogens is 2. The van der Waals surface area contributed by atoms with Gasteiger partial charge in [-0.05, 0) is 44.0 Å². The van der Waals surface area contributed by atoms with Crippen LogP contribution >= 0.6 is 23.2 Å². The van der Waals surface area contributed by atoms with Crippen LogP contribution < -0.4 is 0 Å². The van der Waals surface area contributed by atoms with Crippen molar-refractivity contribution in [3.63, 3.8) is 0 Å². The Hall–Kier alpha value is -2.05. The van der Waals surface area contributed by atoms with E-state index < -0.39 is 12.0 Å². The first-order chi connectivity index (χ1) is 11.4. The number of amides is 1. The van der Waals surface area contributed by atoms with E-state index in [2.05, 4.69) is 5.10 Å². The third kappa shape index (κ3) is 2.99. The van der Waals surface area contributed by atoms with Gasteiger partial charge in [0.2, 0.25) is 0 Å². The Bertz CT molecular complexity index is 819. The molecule has 0 unspecified atom stereocenters. The lowest BCUT2D eigenvalue weighted by Crippen LogP contribution is -2.40. The molecule has 2 aromatic rings. The molecule has 1 N–H and O–H groups in total. The molecule has 1 saturated heterocycles. The molecule has 2 heterocycles. The van der Waals surface area contributed by atoms with E-state index in [1.807, 2.05) is 6.92 Å². The van der Waals surface area contributed by atoms with E-state index in [9.17, 15) is 14.7 Å². The number of aliphatic carboxylic acids is 1. The first-order valence-electron chi connectivity index (χ1n) is 7.44. The van der Waals surface area contributed by atoms with Gasteiger partial charge < -0.3 is 10.0 Å². The zero-order valence-corrected chi connectivity index (χ0v) is 14.4. The summed E-state index contributed by atoms with van der Waals surface area (Å²) in [6.45, 7) is 2.24. The average molecular weight is 368 g/mol. The van der Waals surface area contributed by atoms with Crippen LogP contribution in [0.15, 0.2) is 24.3 Å². The highest BCUT2D eigenvalue weighted by Gasteiger charge is 2.35. The summed E-state index contributed by atoms with van der Waals surface area (Å²) in [5, 5.41) is 14.4. The zero-order chi connectivity index (χ0) is 17.4. The van der Waals surface area contributed by atoms with E-state index >= 15 is 0 Å². The minimum absolute atomic E-state index is 0.215. The van der Waals surface area contributed by atoms with Crippen LogP contribution in [0.1, 0.15) is 29.0 Å². The molecular weight excluding hydrogens is 353 g/mol. The second-order valence-corrected chi connectivity index (χ2v) is 6.49. The number of aryl methyl sites for hydroxylation is 1. The van der Waals surface area contributed by atoms with Crippen molar-refractivity contribution >= 4 is 35.1 Å². The number of carboxylic acid groups (broad SMARTS) is 1. The van der Waals surface area contributed by atoms with Gasteiger partial charge in [0.05, 0.1) is 15.7 Å². The number of carbonyl (C=O) groups excluding carboxylic acids is 1. The number of hydrogen-bond donors (Lipinski definition) is 1. The third-order valence-electron chi connectivity index (χ3n) is 4.05. The van der Waals surface area contributed by atoms with Crippen LogP contribution in [0.4, 0.5) is 0 Å². The molecule has 8 heteroatoms. The van der Waals surface area contributed by atoms with Gasteiger partial charge in [-0.3, -0.25) is 4.79 Å². The molecule has 1 amide bonds. The Morgan fingerprint density at radius 2 is 2.00 bits per heavy atom. The van der Waals surface area contributed by atoms with Crippen LogP contribution in [0.3, 0.4) is 0 Å². The molecule has 126 valence electrons. The van der Waals surface area contributed by atoms with Crippen molar-refractivity contribution in [1.82, 2.24) is 14.7 Å². The topological polar surface area (TPSA) is 75.4 Å². The molecule has 0 spiro atoms. The molecule has 3 rings (SSSR count). The highest BCUT2D eigenvalue weighted by atomic mass is 35.5. The predicted molar refractivity (Wildman–Crippen MR) is 90.0 cm³/mol. The van der Waals surface area contributed by atoms with Crippen molar-refractivity contribution in [1.29, 1.82) is 0 Å². The Morgan fingerprint density at radius 1 is 1.25 bits per heavy atom. The molecule has 0 radical (unpaired) electrons. The number of carboxylic acids is 1. The van der Waals surface area contributed by atoms with Gasteiger partial charge in [-0.25, -0.2) is 9.48 Å². The molecule has 1 aliphatic heterocycles. The standard InChI is InChI=1S/C16H15Cl2N3O3/c1-9-7-13(15(22)20-6-2-3-14(20)16(23)24)19-21(9)10-4-5-11(17)12(18)8-10/h4-5,7-8,14H,2-3,6H2,1H3,(H,23,24)/t14-/m0/s1. The van der Waals surface area contributed by atoms with E-state index in [0.29, 0.717) is 35.1 Å². The Kier molecular flexibility index (Phi) is 4.51. The largest absolute Gasteiger partial charge is 0.480 e. The number of carbonyl (C=O) groups is 2. The summed E-state index contributed by atoms with van der Waals surface area (Å²) < 4.78 is 1.58. The average Bonchev–Trinajstić information content (AvgIpc) is 3.16. The summed E-state index contributed by atoms with van der Waals surface area (Å²) in [7, 11) is 0. The Labute approximate surface area is 148 Å². The fourth-order valence-corrected chi connectivity index (χ4v) is 3.16. The number of rotatable bonds is 3. The summed E-state index contributed by atoms with van der Waals surface area (Å²) in [4.78, 5) is 25.2. The van der Waals surface area contributed by atoms with Gasteiger partial charge >= 0.3 is 5.97 Å². The van der Waals surface area contributed by atoms with Crippen LogP contribution in [0.2, 0.25) is 10.0 Å². The molecule has 1 aromatic heterocycles. The van der Waals surface area contributed by atoms with Gasteiger partial charge in [-0.2, -0.15) is 5.10 Å². The maximum atomic E-state index is 12.6. The summed E-state index contributed by atoms with van der Waals surface area (Å²) >= 11 is 11.9. The molecule has 0 saturated carbocycles. The maximum Gasteiger partial charge on any atom is 0.326 e. The third-order valence-corrected chi connectivity index (χ3v) is 4.79. The van der Waals surface area contributed by atoms with Gasteiger partial charge in [0.15, 0.2) is 5.69 Å². The number of likely N-dealkylation sites (tertiary alicyclic amines) is 1. The number of halogens is 2. The van der Waals surface area contributed by atoms with E-state index in [-0.39, 0.29) is 11.6 Å². The van der Waals surface area contributed by atoms with Crippen LogP contribution in [-0.4, -0.2) is 44.3 Å². The predicted octanol–water partition coefficient (Wildman–Crippen LogP) is 3.18. The first kappa shape index (κ1) is 16.8. The van der Waals surface area contributed by atoms with Crippen LogP contribution in [0.5, 0.6) is 0 Å². The van der Waals surface area contributed by atoms with Crippen LogP contribution in [-0.2, 0) is 4.79 Å². The van der Waals surface area contributed by atoms with E-state index in [0.717, 1.165) is 5.69 Å². The fourth-order valence-electron chi connectivity index (χ4n) is 2.87. The molecule has 0 bridgehead atoms.